The molecular weight excluding hydrogens is 354 g/mol. The Morgan fingerprint density at radius 2 is 1.89 bits per heavy atom. The number of oxazole rings is 1. The minimum atomic E-state index is 0.321. The van der Waals surface area contributed by atoms with Gasteiger partial charge in [0.2, 0.25) is 5.89 Å². The molecule has 158 valence electrons. The second kappa shape index (κ2) is 10.3. The minimum Gasteiger partial charge on any atom is -0.444 e. The van der Waals surface area contributed by atoms with Gasteiger partial charge in [-0.3, -0.25) is 4.90 Å². The summed E-state index contributed by atoms with van der Waals surface area (Å²) < 4.78 is 11.2. The molecule has 0 spiro atoms. The highest BCUT2D eigenvalue weighted by Crippen LogP contribution is 2.36. The quantitative estimate of drug-likeness (QED) is 0.550. The molecule has 3 rings (SSSR count). The first-order valence-electron chi connectivity index (χ1n) is 10.9. The lowest BCUT2D eigenvalue weighted by Gasteiger charge is -2.42. The van der Waals surface area contributed by atoms with E-state index < -0.39 is 0 Å². The lowest BCUT2D eigenvalue weighted by atomic mass is 9.73. The summed E-state index contributed by atoms with van der Waals surface area (Å²) in [6, 6.07) is 0. The van der Waals surface area contributed by atoms with Crippen molar-refractivity contribution in [1.82, 2.24) is 20.5 Å². The molecule has 0 unspecified atom stereocenters. The second-order valence-corrected chi connectivity index (χ2v) is 8.25. The van der Waals surface area contributed by atoms with Crippen LogP contribution in [0.25, 0.3) is 0 Å². The number of aryl methyl sites for hydroxylation is 2. The molecule has 1 aromatic heterocycles. The van der Waals surface area contributed by atoms with Gasteiger partial charge in [0.1, 0.15) is 12.3 Å². The fraction of sp³-hybridized carbons (Fsp3) is 0.810. The van der Waals surface area contributed by atoms with Gasteiger partial charge in [0.05, 0.1) is 18.9 Å². The number of guanidine groups is 1. The van der Waals surface area contributed by atoms with Gasteiger partial charge in [0, 0.05) is 38.1 Å². The van der Waals surface area contributed by atoms with Crippen LogP contribution in [-0.4, -0.2) is 61.8 Å². The third-order valence-electron chi connectivity index (χ3n) is 6.00. The number of morpholine rings is 1. The van der Waals surface area contributed by atoms with Crippen LogP contribution in [0.2, 0.25) is 0 Å². The Hall–Kier alpha value is -1.60. The summed E-state index contributed by atoms with van der Waals surface area (Å²) in [6.45, 7) is 13.3. The van der Waals surface area contributed by atoms with E-state index in [9.17, 15) is 0 Å². The third-order valence-corrected chi connectivity index (χ3v) is 6.00. The Morgan fingerprint density at radius 3 is 2.54 bits per heavy atom. The van der Waals surface area contributed by atoms with Gasteiger partial charge < -0.3 is 19.8 Å². The molecule has 1 aromatic rings. The summed E-state index contributed by atoms with van der Waals surface area (Å²) in [5, 5.41) is 6.99. The van der Waals surface area contributed by atoms with Crippen molar-refractivity contribution >= 4 is 5.96 Å². The molecule has 2 fully saturated rings. The smallest absolute Gasteiger partial charge is 0.216 e. The molecule has 0 atom stereocenters. The lowest BCUT2D eigenvalue weighted by molar-refractivity contribution is 0.00820. The number of rotatable bonds is 7. The van der Waals surface area contributed by atoms with Gasteiger partial charge in [-0.1, -0.05) is 19.3 Å². The average Bonchev–Trinajstić information content (AvgIpc) is 3.03. The number of nitrogens with one attached hydrogen (secondary N) is 2. The number of hydrogen-bond donors (Lipinski definition) is 2. The van der Waals surface area contributed by atoms with E-state index in [-0.39, 0.29) is 0 Å². The molecule has 1 saturated heterocycles. The molecule has 7 nitrogen and oxygen atoms in total. The second-order valence-electron chi connectivity index (χ2n) is 8.25. The van der Waals surface area contributed by atoms with E-state index in [0.29, 0.717) is 17.9 Å². The van der Waals surface area contributed by atoms with Crippen LogP contribution in [0.15, 0.2) is 9.41 Å². The van der Waals surface area contributed by atoms with Crippen LogP contribution in [0.3, 0.4) is 0 Å². The molecule has 1 aliphatic carbocycles. The topological polar surface area (TPSA) is 74.9 Å². The zero-order chi connectivity index (χ0) is 19.8. The predicted molar refractivity (Wildman–Crippen MR) is 112 cm³/mol. The minimum absolute atomic E-state index is 0.321. The van der Waals surface area contributed by atoms with Crippen molar-refractivity contribution in [2.24, 2.45) is 10.4 Å². The maximum absolute atomic E-state index is 5.67. The first-order chi connectivity index (χ1) is 13.6. The molecule has 1 aliphatic heterocycles. The first-order valence-corrected chi connectivity index (χ1v) is 10.9. The van der Waals surface area contributed by atoms with Crippen LogP contribution in [0.4, 0.5) is 0 Å². The van der Waals surface area contributed by atoms with Crippen molar-refractivity contribution in [2.75, 3.05) is 45.9 Å². The number of aromatic nitrogens is 1. The fourth-order valence-electron chi connectivity index (χ4n) is 4.29. The zero-order valence-corrected chi connectivity index (χ0v) is 17.9. The molecule has 2 heterocycles. The third kappa shape index (κ3) is 5.95. The van der Waals surface area contributed by atoms with Crippen LogP contribution in [-0.2, 0) is 11.3 Å². The molecule has 0 amide bonds. The lowest BCUT2D eigenvalue weighted by Crippen LogP contribution is -2.51. The fourth-order valence-corrected chi connectivity index (χ4v) is 4.29. The summed E-state index contributed by atoms with van der Waals surface area (Å²) in [5.41, 5.74) is 1.26. The Kier molecular flexibility index (Phi) is 7.73. The maximum atomic E-state index is 5.67. The van der Waals surface area contributed by atoms with Gasteiger partial charge in [-0.15, -0.1) is 0 Å². The van der Waals surface area contributed by atoms with Crippen LogP contribution < -0.4 is 10.6 Å². The summed E-state index contributed by atoms with van der Waals surface area (Å²) in [7, 11) is 0. The highest BCUT2D eigenvalue weighted by atomic mass is 16.5. The Bertz CT molecular complexity index is 611. The average molecular weight is 392 g/mol. The van der Waals surface area contributed by atoms with Crippen LogP contribution in [0.5, 0.6) is 0 Å². The molecular formula is C21H37N5O2. The number of ether oxygens (including phenoxy) is 1. The summed E-state index contributed by atoms with van der Waals surface area (Å²) >= 11 is 0. The number of hydrogen-bond acceptors (Lipinski definition) is 5. The molecule has 0 radical (unpaired) electrons. The first kappa shape index (κ1) is 21.1. The van der Waals surface area contributed by atoms with Crippen LogP contribution in [0.1, 0.15) is 56.4 Å². The molecule has 0 bridgehead atoms. The zero-order valence-electron chi connectivity index (χ0n) is 17.9. The molecule has 2 aliphatic rings. The van der Waals surface area contributed by atoms with Gasteiger partial charge in [0.15, 0.2) is 5.96 Å². The van der Waals surface area contributed by atoms with Gasteiger partial charge in [-0.2, -0.15) is 0 Å². The van der Waals surface area contributed by atoms with Crippen LogP contribution >= 0.6 is 0 Å². The van der Waals surface area contributed by atoms with E-state index in [1.54, 1.807) is 0 Å². The van der Waals surface area contributed by atoms with E-state index >= 15 is 0 Å². The highest BCUT2D eigenvalue weighted by Gasteiger charge is 2.34. The molecule has 7 heteroatoms. The standard InChI is InChI=1S/C21H37N5O2/c1-4-22-20(23-14-19-25-17(2)18(3)28-19)24-15-21(8-6-5-7-9-21)16-26-10-12-27-13-11-26/h4-16H2,1-3H3,(H2,22,23,24). The van der Waals surface area contributed by atoms with Crippen molar-refractivity contribution in [3.8, 4) is 0 Å². The van der Waals surface area contributed by atoms with Gasteiger partial charge in [-0.25, -0.2) is 9.98 Å². The van der Waals surface area contributed by atoms with Gasteiger partial charge in [0.25, 0.3) is 0 Å². The Labute approximate surface area is 169 Å². The molecule has 2 N–H and O–H groups in total. The largest absolute Gasteiger partial charge is 0.444 e. The van der Waals surface area contributed by atoms with E-state index in [0.717, 1.165) is 63.4 Å². The number of aliphatic imine (C=N–C) groups is 1. The van der Waals surface area contributed by atoms with Gasteiger partial charge >= 0.3 is 0 Å². The highest BCUT2D eigenvalue weighted by molar-refractivity contribution is 5.79. The van der Waals surface area contributed by atoms with Crippen molar-refractivity contribution in [1.29, 1.82) is 0 Å². The number of nitrogens with zero attached hydrogens (tertiary/aromatic N) is 3. The van der Waals surface area contributed by atoms with Gasteiger partial charge in [-0.05, 0) is 33.6 Å². The Morgan fingerprint density at radius 1 is 1.14 bits per heavy atom. The van der Waals surface area contributed by atoms with E-state index in [1.807, 2.05) is 13.8 Å². The van der Waals surface area contributed by atoms with Crippen molar-refractivity contribution in [2.45, 2.75) is 59.4 Å². The summed E-state index contributed by atoms with van der Waals surface area (Å²) in [5.74, 6) is 2.39. The molecule has 28 heavy (non-hydrogen) atoms. The van der Waals surface area contributed by atoms with E-state index in [4.69, 9.17) is 14.1 Å². The van der Waals surface area contributed by atoms with Crippen molar-refractivity contribution in [3.63, 3.8) is 0 Å². The predicted octanol–water partition coefficient (Wildman–Crippen LogP) is 2.63. The molecule has 0 aromatic carbocycles. The normalized spacial score (nSPS) is 20.9. The Balaban J connectivity index is 1.61. The SMILES string of the molecule is CCNC(=NCc1nc(C)c(C)o1)NCC1(CN2CCOCC2)CCCCC1. The summed E-state index contributed by atoms with van der Waals surface area (Å²) in [4.78, 5) is 11.7. The summed E-state index contributed by atoms with van der Waals surface area (Å²) in [6.07, 6.45) is 6.59. The van der Waals surface area contributed by atoms with E-state index in [2.05, 4.69) is 27.4 Å². The van der Waals surface area contributed by atoms with Crippen LogP contribution in [0, 0.1) is 19.3 Å². The maximum Gasteiger partial charge on any atom is 0.216 e. The van der Waals surface area contributed by atoms with Crippen molar-refractivity contribution < 1.29 is 9.15 Å². The van der Waals surface area contributed by atoms with E-state index in [1.165, 1.54) is 32.1 Å². The monoisotopic (exact) mass is 391 g/mol. The molecule has 1 saturated carbocycles. The van der Waals surface area contributed by atoms with Crippen molar-refractivity contribution in [3.05, 3.63) is 17.3 Å².